The van der Waals surface area contributed by atoms with Crippen molar-refractivity contribution in [2.75, 3.05) is 47.4 Å². The Kier molecular flexibility index (Phi) is 8.36. The first-order chi connectivity index (χ1) is 14.8. The van der Waals surface area contributed by atoms with Crippen molar-refractivity contribution in [2.24, 2.45) is 5.92 Å². The van der Waals surface area contributed by atoms with Gasteiger partial charge in [-0.1, -0.05) is 19.3 Å². The number of hydrogen-bond donors (Lipinski definition) is 0. The number of hydrogen-bond acceptors (Lipinski definition) is 5. The predicted molar refractivity (Wildman–Crippen MR) is 122 cm³/mol. The molecule has 1 saturated carbocycles. The zero-order valence-electron chi connectivity index (χ0n) is 19.1. The van der Waals surface area contributed by atoms with E-state index >= 15 is 0 Å². The Morgan fingerprint density at radius 1 is 1.00 bits per heavy atom. The molecule has 8 heteroatoms. The number of benzene rings is 1. The number of amides is 1. The lowest BCUT2D eigenvalue weighted by Gasteiger charge is -2.34. The van der Waals surface area contributed by atoms with Crippen LogP contribution in [-0.4, -0.2) is 81.9 Å². The van der Waals surface area contributed by atoms with Crippen molar-refractivity contribution in [1.29, 1.82) is 0 Å². The second-order valence-corrected chi connectivity index (χ2v) is 10.8. The molecule has 0 atom stereocenters. The molecule has 1 amide bonds. The lowest BCUT2D eigenvalue weighted by atomic mass is 9.94. The molecular weight excluding hydrogens is 414 g/mol. The number of sulfonamides is 1. The van der Waals surface area contributed by atoms with Gasteiger partial charge in [-0.2, -0.15) is 4.31 Å². The molecule has 1 aliphatic heterocycles. The average molecular weight is 452 g/mol. The molecule has 7 nitrogen and oxygen atoms in total. The molecule has 1 heterocycles. The third-order valence-corrected chi connectivity index (χ3v) is 8.78. The fourth-order valence-electron chi connectivity index (χ4n) is 4.67. The van der Waals surface area contributed by atoms with E-state index in [1.54, 1.807) is 31.4 Å². The summed E-state index contributed by atoms with van der Waals surface area (Å²) in [5.74, 6) is 0.659. The van der Waals surface area contributed by atoms with Crippen molar-refractivity contribution in [3.05, 3.63) is 24.3 Å². The minimum absolute atomic E-state index is 0.104. The van der Waals surface area contributed by atoms with E-state index in [0.29, 0.717) is 37.7 Å². The van der Waals surface area contributed by atoms with Crippen molar-refractivity contribution in [1.82, 2.24) is 14.1 Å². The molecule has 0 spiro atoms. The van der Waals surface area contributed by atoms with Gasteiger partial charge < -0.3 is 14.5 Å². The van der Waals surface area contributed by atoms with Gasteiger partial charge in [0.1, 0.15) is 5.75 Å². The monoisotopic (exact) mass is 451 g/mol. The van der Waals surface area contributed by atoms with Crippen LogP contribution in [0.3, 0.4) is 0 Å². The van der Waals surface area contributed by atoms with E-state index in [-0.39, 0.29) is 16.7 Å². The second-order valence-electron chi connectivity index (χ2n) is 8.89. The van der Waals surface area contributed by atoms with Gasteiger partial charge in [0.2, 0.25) is 15.9 Å². The van der Waals surface area contributed by atoms with E-state index in [4.69, 9.17) is 4.74 Å². The van der Waals surface area contributed by atoms with Gasteiger partial charge in [0.15, 0.2) is 0 Å². The van der Waals surface area contributed by atoms with Crippen LogP contribution in [0, 0.1) is 5.92 Å². The Balaban J connectivity index is 1.48. The van der Waals surface area contributed by atoms with Gasteiger partial charge in [-0.25, -0.2) is 8.42 Å². The summed E-state index contributed by atoms with van der Waals surface area (Å²) in [6.45, 7) is 2.36. The SMILES string of the molecule is COc1ccc(S(=O)(=O)N2CCC(C(=O)N(C)CCN(C)C3CCCCC3)CC2)cc1. The summed E-state index contributed by atoms with van der Waals surface area (Å²) < 4.78 is 32.4. The van der Waals surface area contributed by atoms with Gasteiger partial charge in [-0.3, -0.25) is 4.79 Å². The molecule has 0 aromatic heterocycles. The summed E-state index contributed by atoms with van der Waals surface area (Å²) in [7, 11) is 2.04. The molecule has 2 fully saturated rings. The van der Waals surface area contributed by atoms with E-state index in [1.807, 2.05) is 11.9 Å². The van der Waals surface area contributed by atoms with E-state index in [0.717, 1.165) is 13.1 Å². The first-order valence-corrected chi connectivity index (χ1v) is 12.9. The standard InChI is InChI=1S/C23H37N3O4S/c1-24(20-7-5-4-6-8-20)17-18-25(2)23(27)19-13-15-26(16-14-19)31(28,29)22-11-9-21(30-3)10-12-22/h9-12,19-20H,4-8,13-18H2,1-3H3. The highest BCUT2D eigenvalue weighted by atomic mass is 32.2. The van der Waals surface area contributed by atoms with Crippen LogP contribution in [-0.2, 0) is 14.8 Å². The number of rotatable bonds is 8. The van der Waals surface area contributed by atoms with Gasteiger partial charge in [-0.05, 0) is 57.0 Å². The minimum Gasteiger partial charge on any atom is -0.497 e. The number of carbonyl (C=O) groups excluding carboxylic acids is 1. The number of carbonyl (C=O) groups is 1. The van der Waals surface area contributed by atoms with Crippen molar-refractivity contribution >= 4 is 15.9 Å². The van der Waals surface area contributed by atoms with Gasteiger partial charge in [-0.15, -0.1) is 0 Å². The maximum atomic E-state index is 12.9. The highest BCUT2D eigenvalue weighted by Gasteiger charge is 2.33. The molecule has 1 saturated heterocycles. The molecule has 31 heavy (non-hydrogen) atoms. The Bertz CT molecular complexity index is 814. The van der Waals surface area contributed by atoms with Crippen molar-refractivity contribution in [3.8, 4) is 5.75 Å². The second kappa shape index (κ2) is 10.8. The Morgan fingerprint density at radius 3 is 2.19 bits per heavy atom. The van der Waals surface area contributed by atoms with Crippen molar-refractivity contribution in [2.45, 2.75) is 55.9 Å². The number of nitrogens with zero attached hydrogens (tertiary/aromatic N) is 3. The number of methoxy groups -OCH3 is 1. The molecule has 3 rings (SSSR count). The molecule has 1 aliphatic carbocycles. The maximum Gasteiger partial charge on any atom is 0.243 e. The van der Waals surface area contributed by atoms with Crippen LogP contribution in [0.15, 0.2) is 29.2 Å². The average Bonchev–Trinajstić information content (AvgIpc) is 2.82. The summed E-state index contributed by atoms with van der Waals surface area (Å²) in [5.41, 5.74) is 0. The molecule has 2 aliphatic rings. The molecule has 174 valence electrons. The van der Waals surface area contributed by atoms with Gasteiger partial charge in [0.25, 0.3) is 0 Å². The van der Waals surface area contributed by atoms with Crippen molar-refractivity contribution < 1.29 is 17.9 Å². The quantitative estimate of drug-likeness (QED) is 0.608. The van der Waals surface area contributed by atoms with Gasteiger partial charge in [0, 0.05) is 45.2 Å². The normalized spacial score (nSPS) is 19.5. The minimum atomic E-state index is -3.54. The van der Waals surface area contributed by atoms with Crippen LogP contribution in [0.1, 0.15) is 44.9 Å². The van der Waals surface area contributed by atoms with Crippen molar-refractivity contribution in [3.63, 3.8) is 0 Å². The zero-order chi connectivity index (χ0) is 22.4. The molecule has 1 aromatic rings. The zero-order valence-corrected chi connectivity index (χ0v) is 19.9. The molecule has 0 unspecified atom stereocenters. The number of ether oxygens (including phenoxy) is 1. The van der Waals surface area contributed by atoms with E-state index < -0.39 is 10.0 Å². The van der Waals surface area contributed by atoms with E-state index in [2.05, 4.69) is 11.9 Å². The van der Waals surface area contributed by atoms with Crippen LogP contribution >= 0.6 is 0 Å². The Hall–Kier alpha value is -1.64. The lowest BCUT2D eigenvalue weighted by molar-refractivity contribution is -0.135. The third kappa shape index (κ3) is 5.99. The smallest absolute Gasteiger partial charge is 0.243 e. The van der Waals surface area contributed by atoms with E-state index in [1.165, 1.54) is 36.4 Å². The third-order valence-electron chi connectivity index (χ3n) is 6.86. The molecule has 1 aromatic carbocycles. The molecule has 0 bridgehead atoms. The Labute approximate surface area is 187 Å². The summed E-state index contributed by atoms with van der Waals surface area (Å²) in [5, 5.41) is 0. The molecule has 0 N–H and O–H groups in total. The van der Waals surface area contributed by atoms with Crippen LogP contribution in [0.2, 0.25) is 0 Å². The largest absolute Gasteiger partial charge is 0.497 e. The summed E-state index contributed by atoms with van der Waals surface area (Å²) in [6.07, 6.45) is 7.61. The highest BCUT2D eigenvalue weighted by Crippen LogP contribution is 2.26. The number of piperidine rings is 1. The topological polar surface area (TPSA) is 70.2 Å². The lowest BCUT2D eigenvalue weighted by Crippen LogP contribution is -2.45. The Morgan fingerprint density at radius 2 is 1.61 bits per heavy atom. The number of likely N-dealkylation sites (N-methyl/N-ethyl adjacent to an activating group) is 2. The molecule has 0 radical (unpaired) electrons. The molecular formula is C23H37N3O4S. The van der Waals surface area contributed by atoms with Gasteiger partial charge in [0.05, 0.1) is 12.0 Å². The van der Waals surface area contributed by atoms with Gasteiger partial charge >= 0.3 is 0 Å². The summed E-state index contributed by atoms with van der Waals surface area (Å²) in [6, 6.07) is 7.10. The first kappa shape index (κ1) is 24.0. The van der Waals surface area contributed by atoms with E-state index in [9.17, 15) is 13.2 Å². The van der Waals surface area contributed by atoms with Crippen LogP contribution < -0.4 is 4.74 Å². The fourth-order valence-corrected chi connectivity index (χ4v) is 6.14. The van der Waals surface area contributed by atoms with Crippen LogP contribution in [0.25, 0.3) is 0 Å². The summed E-state index contributed by atoms with van der Waals surface area (Å²) >= 11 is 0. The maximum absolute atomic E-state index is 12.9. The predicted octanol–water partition coefficient (Wildman–Crippen LogP) is 2.82. The highest BCUT2D eigenvalue weighted by molar-refractivity contribution is 7.89. The van der Waals surface area contributed by atoms with Crippen LogP contribution in [0.4, 0.5) is 0 Å². The fraction of sp³-hybridized carbons (Fsp3) is 0.696. The summed E-state index contributed by atoms with van der Waals surface area (Å²) in [4.78, 5) is 17.4. The first-order valence-electron chi connectivity index (χ1n) is 11.4. The van der Waals surface area contributed by atoms with Crippen LogP contribution in [0.5, 0.6) is 5.75 Å².